The zero-order valence-electron chi connectivity index (χ0n) is 16.3. The number of Topliss-reactive ketones (excluding diaryl/α,β-unsaturated/α-hetero) is 1. The van der Waals surface area contributed by atoms with E-state index in [2.05, 4.69) is 9.97 Å². The van der Waals surface area contributed by atoms with Gasteiger partial charge in [0.25, 0.3) is 11.7 Å². The Labute approximate surface area is 177 Å². The third kappa shape index (κ3) is 3.28. The fraction of sp³-hybridized carbons (Fsp3) is 0.130. The van der Waals surface area contributed by atoms with Gasteiger partial charge in [-0.25, -0.2) is 0 Å². The minimum Gasteiger partial charge on any atom is -0.507 e. The third-order valence-electron chi connectivity index (χ3n) is 5.23. The average molecular weight is 415 g/mol. The Kier molecular flexibility index (Phi) is 4.59. The molecule has 2 aliphatic rings. The van der Waals surface area contributed by atoms with Crippen LogP contribution in [0.3, 0.4) is 0 Å². The molecule has 0 unspecified atom stereocenters. The van der Waals surface area contributed by atoms with Crippen LogP contribution in [0.25, 0.3) is 5.76 Å². The Morgan fingerprint density at radius 3 is 2.71 bits per heavy atom. The molecule has 8 nitrogen and oxygen atoms in total. The van der Waals surface area contributed by atoms with Crippen molar-refractivity contribution in [1.82, 2.24) is 14.9 Å². The molecule has 0 saturated carbocycles. The lowest BCUT2D eigenvalue weighted by Crippen LogP contribution is -2.29. The van der Waals surface area contributed by atoms with Crippen LogP contribution >= 0.6 is 0 Å². The number of nitrogens with zero attached hydrogens (tertiary/aromatic N) is 3. The highest BCUT2D eigenvalue weighted by atomic mass is 16.7. The van der Waals surface area contributed by atoms with Gasteiger partial charge in [0.1, 0.15) is 11.8 Å². The van der Waals surface area contributed by atoms with Gasteiger partial charge in [-0.2, -0.15) is 0 Å². The van der Waals surface area contributed by atoms with Crippen LogP contribution in [0.2, 0.25) is 0 Å². The molecular formula is C23H17N3O5. The molecule has 1 atom stereocenters. The first kappa shape index (κ1) is 18.8. The Balaban J connectivity index is 1.63. The van der Waals surface area contributed by atoms with E-state index in [9.17, 15) is 14.7 Å². The van der Waals surface area contributed by atoms with Gasteiger partial charge < -0.3 is 19.5 Å². The largest absolute Gasteiger partial charge is 0.507 e. The van der Waals surface area contributed by atoms with Crippen molar-refractivity contribution in [2.24, 2.45) is 0 Å². The molecule has 4 heterocycles. The summed E-state index contributed by atoms with van der Waals surface area (Å²) in [4.78, 5) is 35.8. The van der Waals surface area contributed by atoms with Gasteiger partial charge in [-0.05, 0) is 42.0 Å². The zero-order valence-corrected chi connectivity index (χ0v) is 16.3. The number of aromatic nitrogens is 2. The summed E-state index contributed by atoms with van der Waals surface area (Å²) >= 11 is 0. The van der Waals surface area contributed by atoms with E-state index in [1.54, 1.807) is 61.1 Å². The summed E-state index contributed by atoms with van der Waals surface area (Å²) in [5, 5.41) is 11.1. The molecule has 1 amide bonds. The van der Waals surface area contributed by atoms with Crippen LogP contribution in [0.4, 0.5) is 0 Å². The lowest BCUT2D eigenvalue weighted by Gasteiger charge is -2.24. The molecule has 5 rings (SSSR count). The van der Waals surface area contributed by atoms with Crippen LogP contribution in [0.15, 0.2) is 72.7 Å². The van der Waals surface area contributed by atoms with Crippen LogP contribution in [-0.2, 0) is 16.1 Å². The predicted molar refractivity (Wildman–Crippen MR) is 109 cm³/mol. The van der Waals surface area contributed by atoms with Gasteiger partial charge >= 0.3 is 0 Å². The molecule has 0 bridgehead atoms. The second-order valence-electron chi connectivity index (χ2n) is 7.11. The highest BCUT2D eigenvalue weighted by molar-refractivity contribution is 6.46. The van der Waals surface area contributed by atoms with Gasteiger partial charge in [0, 0.05) is 30.7 Å². The molecule has 0 spiro atoms. The topological polar surface area (TPSA) is 102 Å². The molecule has 2 aromatic heterocycles. The predicted octanol–water partition coefficient (Wildman–Crippen LogP) is 2.83. The maximum absolute atomic E-state index is 13.0. The fourth-order valence-corrected chi connectivity index (χ4v) is 3.78. The van der Waals surface area contributed by atoms with Crippen LogP contribution in [0.1, 0.15) is 22.9 Å². The van der Waals surface area contributed by atoms with Crippen LogP contribution in [-0.4, -0.2) is 38.5 Å². The zero-order chi connectivity index (χ0) is 21.4. The number of carbonyl (C=O) groups excluding carboxylic acids is 2. The lowest BCUT2D eigenvalue weighted by molar-refractivity contribution is -0.140. The van der Waals surface area contributed by atoms with Crippen molar-refractivity contribution in [3.8, 4) is 11.5 Å². The summed E-state index contributed by atoms with van der Waals surface area (Å²) in [5.74, 6) is -0.754. The number of fused-ring (bicyclic) bond motifs is 1. The minimum absolute atomic E-state index is 0.0218. The van der Waals surface area contributed by atoms with Crippen molar-refractivity contribution >= 4 is 17.4 Å². The van der Waals surface area contributed by atoms with E-state index in [-0.39, 0.29) is 24.7 Å². The number of aliphatic hydroxyl groups is 1. The first-order chi connectivity index (χ1) is 15.1. The number of aliphatic hydroxyl groups excluding tert-OH is 1. The summed E-state index contributed by atoms with van der Waals surface area (Å²) in [5.41, 5.74) is 1.57. The third-order valence-corrected chi connectivity index (χ3v) is 5.23. The number of likely N-dealkylation sites (tertiary alicyclic amines) is 1. The fourth-order valence-electron chi connectivity index (χ4n) is 3.78. The van der Waals surface area contributed by atoms with E-state index in [0.29, 0.717) is 22.8 Å². The van der Waals surface area contributed by atoms with Crippen molar-refractivity contribution < 1.29 is 24.2 Å². The van der Waals surface area contributed by atoms with E-state index < -0.39 is 17.7 Å². The summed E-state index contributed by atoms with van der Waals surface area (Å²) in [7, 11) is 0. The molecule has 0 radical (unpaired) electrons. The average Bonchev–Trinajstić information content (AvgIpc) is 3.38. The first-order valence-electron chi connectivity index (χ1n) is 9.62. The Morgan fingerprint density at radius 2 is 1.94 bits per heavy atom. The number of hydrogen-bond acceptors (Lipinski definition) is 7. The number of pyridine rings is 2. The molecule has 0 aliphatic carbocycles. The van der Waals surface area contributed by atoms with Crippen molar-refractivity contribution in [1.29, 1.82) is 0 Å². The summed E-state index contributed by atoms with van der Waals surface area (Å²) in [6.07, 6.45) is 4.85. The molecule has 1 fully saturated rings. The smallest absolute Gasteiger partial charge is 0.296 e. The van der Waals surface area contributed by atoms with Gasteiger partial charge in [-0.1, -0.05) is 12.1 Å². The maximum Gasteiger partial charge on any atom is 0.296 e. The molecule has 3 aromatic rings. The van der Waals surface area contributed by atoms with Crippen LogP contribution in [0.5, 0.6) is 11.5 Å². The molecule has 8 heteroatoms. The molecule has 2 aliphatic heterocycles. The summed E-state index contributed by atoms with van der Waals surface area (Å²) in [6.45, 7) is 0.237. The number of amides is 1. The lowest BCUT2D eigenvalue weighted by atomic mass is 9.98. The Bertz CT molecular complexity index is 1190. The number of benzene rings is 1. The van der Waals surface area contributed by atoms with Crippen LogP contribution in [0, 0.1) is 0 Å². The maximum atomic E-state index is 13.0. The summed E-state index contributed by atoms with van der Waals surface area (Å²) in [6, 6.07) is 12.8. The van der Waals surface area contributed by atoms with Crippen molar-refractivity contribution in [3.05, 3.63) is 89.5 Å². The summed E-state index contributed by atoms with van der Waals surface area (Å²) < 4.78 is 10.7. The minimum atomic E-state index is -0.841. The van der Waals surface area contributed by atoms with Crippen molar-refractivity contribution in [3.63, 3.8) is 0 Å². The van der Waals surface area contributed by atoms with Crippen LogP contribution < -0.4 is 9.47 Å². The standard InChI is InChI=1S/C23H17N3O5/c27-21(15-6-7-17-18(10-15)31-13-30-17)19-20(16-5-1-2-9-25-16)26(23(29)22(19)28)12-14-4-3-8-24-11-14/h1-11,20,27H,12-13H2/t20-/m0/s1. The highest BCUT2D eigenvalue weighted by Gasteiger charge is 2.46. The molecule has 1 aromatic carbocycles. The Morgan fingerprint density at radius 1 is 1.06 bits per heavy atom. The normalized spacial score (nSPS) is 19.1. The van der Waals surface area contributed by atoms with Gasteiger partial charge in [-0.15, -0.1) is 0 Å². The van der Waals surface area contributed by atoms with Crippen molar-refractivity contribution in [2.45, 2.75) is 12.6 Å². The molecular weight excluding hydrogens is 398 g/mol. The van der Waals surface area contributed by atoms with Crippen molar-refractivity contribution in [2.75, 3.05) is 6.79 Å². The highest BCUT2D eigenvalue weighted by Crippen LogP contribution is 2.41. The quantitative estimate of drug-likeness (QED) is 0.397. The molecule has 1 saturated heterocycles. The SMILES string of the molecule is O=C1C(=O)N(Cc2cccnc2)[C@@H](c2ccccn2)C1=C(O)c1ccc2c(c1)OCO2. The number of ketones is 1. The number of carbonyl (C=O) groups is 2. The second kappa shape index (κ2) is 7.56. The Hall–Kier alpha value is -4.20. The number of ether oxygens (including phenoxy) is 2. The van der Waals surface area contributed by atoms with E-state index in [0.717, 1.165) is 5.56 Å². The van der Waals surface area contributed by atoms with E-state index in [1.165, 1.54) is 4.90 Å². The monoisotopic (exact) mass is 415 g/mol. The second-order valence-corrected chi connectivity index (χ2v) is 7.11. The van der Waals surface area contributed by atoms with Gasteiger partial charge in [0.2, 0.25) is 6.79 Å². The molecule has 154 valence electrons. The number of hydrogen-bond donors (Lipinski definition) is 1. The molecule has 31 heavy (non-hydrogen) atoms. The van der Waals surface area contributed by atoms with Gasteiger partial charge in [-0.3, -0.25) is 19.6 Å². The van der Waals surface area contributed by atoms with E-state index >= 15 is 0 Å². The van der Waals surface area contributed by atoms with Gasteiger partial charge in [0.05, 0.1) is 11.3 Å². The van der Waals surface area contributed by atoms with E-state index in [4.69, 9.17) is 9.47 Å². The molecule has 1 N–H and O–H groups in total. The first-order valence-corrected chi connectivity index (χ1v) is 9.62. The van der Waals surface area contributed by atoms with E-state index in [1.807, 2.05) is 6.07 Å². The van der Waals surface area contributed by atoms with Gasteiger partial charge in [0.15, 0.2) is 11.5 Å². The number of rotatable bonds is 4.